The SMILES string of the molecule is C[C@]12CCC(C(=O)O)=CC1=CC[C@H]1[C@@H]3CCC[C@@]3(CF)CC[C@@H]12. The third-order valence-corrected chi connectivity index (χ3v) is 7.84. The Balaban J connectivity index is 1.69. The molecule has 0 bridgehead atoms. The van der Waals surface area contributed by atoms with Crippen molar-refractivity contribution in [1.29, 1.82) is 0 Å². The molecule has 3 heteroatoms. The highest BCUT2D eigenvalue weighted by Crippen LogP contribution is 2.64. The molecule has 0 heterocycles. The lowest BCUT2D eigenvalue weighted by Crippen LogP contribution is -2.49. The van der Waals surface area contributed by atoms with Crippen LogP contribution in [0.4, 0.5) is 4.39 Å². The minimum atomic E-state index is -0.772. The Morgan fingerprint density at radius 3 is 2.87 bits per heavy atom. The molecule has 4 aliphatic carbocycles. The summed E-state index contributed by atoms with van der Waals surface area (Å²) in [4.78, 5) is 11.3. The van der Waals surface area contributed by atoms with Crippen molar-refractivity contribution in [2.45, 2.75) is 58.3 Å². The Labute approximate surface area is 137 Å². The van der Waals surface area contributed by atoms with Gasteiger partial charge in [0.1, 0.15) is 0 Å². The van der Waals surface area contributed by atoms with Crippen LogP contribution in [0.2, 0.25) is 0 Å². The molecule has 0 unspecified atom stereocenters. The van der Waals surface area contributed by atoms with Crippen molar-refractivity contribution in [3.8, 4) is 0 Å². The molecular formula is C20H27FO2. The van der Waals surface area contributed by atoms with Gasteiger partial charge in [-0.1, -0.05) is 19.4 Å². The molecule has 126 valence electrons. The first kappa shape index (κ1) is 15.4. The van der Waals surface area contributed by atoms with Crippen molar-refractivity contribution >= 4 is 5.97 Å². The molecule has 0 aromatic carbocycles. The van der Waals surface area contributed by atoms with Crippen molar-refractivity contribution in [1.82, 2.24) is 0 Å². The first-order valence-corrected chi connectivity index (χ1v) is 9.21. The molecule has 0 saturated heterocycles. The molecule has 0 spiro atoms. The van der Waals surface area contributed by atoms with E-state index in [9.17, 15) is 14.3 Å². The second-order valence-corrected chi connectivity index (χ2v) is 8.59. The summed E-state index contributed by atoms with van der Waals surface area (Å²) in [7, 11) is 0. The fourth-order valence-corrected chi connectivity index (χ4v) is 6.52. The van der Waals surface area contributed by atoms with Gasteiger partial charge in [0.15, 0.2) is 0 Å². The average molecular weight is 318 g/mol. The highest BCUT2D eigenvalue weighted by Gasteiger charge is 2.56. The molecule has 5 atom stereocenters. The number of alkyl halides is 1. The van der Waals surface area contributed by atoms with Crippen molar-refractivity contribution < 1.29 is 14.3 Å². The molecular weight excluding hydrogens is 291 g/mol. The average Bonchev–Trinajstić information content (AvgIpc) is 2.98. The molecule has 0 amide bonds. The van der Waals surface area contributed by atoms with Crippen molar-refractivity contribution in [3.63, 3.8) is 0 Å². The fourth-order valence-electron chi connectivity index (χ4n) is 6.52. The number of hydrogen-bond donors (Lipinski definition) is 1. The summed E-state index contributed by atoms with van der Waals surface area (Å²) in [5.74, 6) is 0.990. The van der Waals surface area contributed by atoms with Gasteiger partial charge in [-0.3, -0.25) is 4.39 Å². The van der Waals surface area contributed by atoms with Crippen LogP contribution >= 0.6 is 0 Å². The van der Waals surface area contributed by atoms with Crippen LogP contribution < -0.4 is 0 Å². The number of allylic oxidation sites excluding steroid dienone is 3. The zero-order chi connectivity index (χ0) is 16.2. The Kier molecular flexibility index (Phi) is 3.48. The van der Waals surface area contributed by atoms with Gasteiger partial charge in [-0.2, -0.15) is 0 Å². The molecule has 1 N–H and O–H groups in total. The van der Waals surface area contributed by atoms with E-state index < -0.39 is 5.97 Å². The van der Waals surface area contributed by atoms with Crippen molar-refractivity contribution in [2.75, 3.05) is 6.67 Å². The minimum absolute atomic E-state index is 0.0282. The van der Waals surface area contributed by atoms with Crippen LogP contribution in [0.15, 0.2) is 23.3 Å². The molecule has 0 aliphatic heterocycles. The first-order chi connectivity index (χ1) is 11.0. The monoisotopic (exact) mass is 318 g/mol. The fraction of sp³-hybridized carbons (Fsp3) is 0.750. The topological polar surface area (TPSA) is 37.3 Å². The number of carboxylic acids is 1. The summed E-state index contributed by atoms with van der Waals surface area (Å²) in [6.45, 7) is 2.19. The molecule has 2 saturated carbocycles. The molecule has 0 radical (unpaired) electrons. The van der Waals surface area contributed by atoms with E-state index in [1.807, 2.05) is 6.08 Å². The van der Waals surface area contributed by atoms with E-state index in [0.29, 0.717) is 29.7 Å². The lowest BCUT2D eigenvalue weighted by Gasteiger charge is -2.56. The van der Waals surface area contributed by atoms with E-state index in [1.165, 1.54) is 18.4 Å². The lowest BCUT2D eigenvalue weighted by atomic mass is 9.48. The van der Waals surface area contributed by atoms with E-state index >= 15 is 0 Å². The van der Waals surface area contributed by atoms with Crippen LogP contribution in [0, 0.1) is 28.6 Å². The maximum absolute atomic E-state index is 13.9. The number of hydrogen-bond acceptors (Lipinski definition) is 1. The molecule has 0 aromatic heterocycles. The number of carboxylic acid groups (broad SMARTS) is 1. The van der Waals surface area contributed by atoms with Crippen LogP contribution in [0.25, 0.3) is 0 Å². The number of aliphatic carboxylic acids is 1. The van der Waals surface area contributed by atoms with Gasteiger partial charge in [0.2, 0.25) is 0 Å². The molecule has 0 aromatic rings. The minimum Gasteiger partial charge on any atom is -0.478 e. The van der Waals surface area contributed by atoms with Crippen LogP contribution in [-0.2, 0) is 4.79 Å². The maximum atomic E-state index is 13.9. The third kappa shape index (κ3) is 2.08. The summed E-state index contributed by atoms with van der Waals surface area (Å²) in [5.41, 5.74) is 1.88. The largest absolute Gasteiger partial charge is 0.478 e. The molecule has 2 nitrogen and oxygen atoms in total. The zero-order valence-corrected chi connectivity index (χ0v) is 14.0. The van der Waals surface area contributed by atoms with E-state index in [4.69, 9.17) is 0 Å². The third-order valence-electron chi connectivity index (χ3n) is 7.84. The van der Waals surface area contributed by atoms with E-state index in [-0.39, 0.29) is 17.5 Å². The quantitative estimate of drug-likeness (QED) is 0.785. The van der Waals surface area contributed by atoms with E-state index in [0.717, 1.165) is 32.1 Å². The second-order valence-electron chi connectivity index (χ2n) is 8.59. The van der Waals surface area contributed by atoms with Crippen molar-refractivity contribution in [3.05, 3.63) is 23.3 Å². The zero-order valence-electron chi connectivity index (χ0n) is 14.0. The number of halogens is 1. The summed E-state index contributed by atoms with van der Waals surface area (Å²) in [5, 5.41) is 9.30. The number of fused-ring (bicyclic) bond motifs is 5. The van der Waals surface area contributed by atoms with Gasteiger partial charge >= 0.3 is 5.97 Å². The highest BCUT2D eigenvalue weighted by atomic mass is 19.1. The Hall–Kier alpha value is -1.12. The standard InChI is InChI=1S/C20H27FO2/c1-19-9-6-13(18(22)23)11-14(19)4-5-15-16(19)7-10-20(12-21)8-2-3-17(15)20/h4,11,15-17H,2-3,5-10,12H2,1H3,(H,22,23)/t15-,16+,17+,19+,20+/m1/s1. The highest BCUT2D eigenvalue weighted by molar-refractivity contribution is 5.87. The van der Waals surface area contributed by atoms with Gasteiger partial charge in [-0.05, 0) is 79.8 Å². The number of rotatable bonds is 2. The van der Waals surface area contributed by atoms with Crippen LogP contribution in [0.1, 0.15) is 58.3 Å². The van der Waals surface area contributed by atoms with Crippen LogP contribution in [0.5, 0.6) is 0 Å². The smallest absolute Gasteiger partial charge is 0.331 e. The summed E-state index contributed by atoms with van der Waals surface area (Å²) >= 11 is 0. The van der Waals surface area contributed by atoms with Crippen molar-refractivity contribution in [2.24, 2.45) is 28.6 Å². The van der Waals surface area contributed by atoms with Gasteiger partial charge in [-0.15, -0.1) is 0 Å². The molecule has 4 aliphatic rings. The van der Waals surface area contributed by atoms with Gasteiger partial charge in [0.05, 0.1) is 6.67 Å². The normalized spacial score (nSPS) is 45.4. The van der Waals surface area contributed by atoms with Gasteiger partial charge in [0.25, 0.3) is 0 Å². The Morgan fingerprint density at radius 1 is 1.30 bits per heavy atom. The Morgan fingerprint density at radius 2 is 2.13 bits per heavy atom. The molecule has 2 fully saturated rings. The predicted molar refractivity (Wildman–Crippen MR) is 87.7 cm³/mol. The summed E-state index contributed by atoms with van der Waals surface area (Å²) in [6.07, 6.45) is 12.5. The second kappa shape index (κ2) is 5.19. The van der Waals surface area contributed by atoms with E-state index in [2.05, 4.69) is 13.0 Å². The Bertz CT molecular complexity index is 592. The lowest BCUT2D eigenvalue weighted by molar-refractivity contribution is -0.133. The van der Waals surface area contributed by atoms with Crippen LogP contribution in [0.3, 0.4) is 0 Å². The number of carbonyl (C=O) groups is 1. The maximum Gasteiger partial charge on any atom is 0.331 e. The molecule has 23 heavy (non-hydrogen) atoms. The summed E-state index contributed by atoms with van der Waals surface area (Å²) in [6, 6.07) is 0. The van der Waals surface area contributed by atoms with Crippen LogP contribution in [-0.4, -0.2) is 17.8 Å². The van der Waals surface area contributed by atoms with E-state index in [1.54, 1.807) is 0 Å². The summed E-state index contributed by atoms with van der Waals surface area (Å²) < 4.78 is 13.9. The first-order valence-electron chi connectivity index (χ1n) is 9.21. The van der Waals surface area contributed by atoms with Gasteiger partial charge < -0.3 is 5.11 Å². The molecule has 4 rings (SSSR count). The van der Waals surface area contributed by atoms with Gasteiger partial charge in [0, 0.05) is 11.0 Å². The predicted octanol–water partition coefficient (Wildman–Crippen LogP) is 4.91. The van der Waals surface area contributed by atoms with Gasteiger partial charge in [-0.25, -0.2) is 4.79 Å².